The van der Waals surface area contributed by atoms with E-state index in [1.807, 2.05) is 0 Å². The number of rotatable bonds is 4. The van der Waals surface area contributed by atoms with Gasteiger partial charge in [-0.15, -0.1) is 0 Å². The molecule has 20 heavy (non-hydrogen) atoms. The molecule has 1 fully saturated rings. The van der Waals surface area contributed by atoms with Gasteiger partial charge in [-0.2, -0.15) is 0 Å². The van der Waals surface area contributed by atoms with Crippen LogP contribution in [0.1, 0.15) is 12.8 Å². The molecule has 2 rings (SSSR count). The molecule has 0 spiro atoms. The number of piperidine rings is 1. The van der Waals surface area contributed by atoms with E-state index in [-0.39, 0.29) is 30.1 Å². The summed E-state index contributed by atoms with van der Waals surface area (Å²) in [4.78, 5) is 23.8. The van der Waals surface area contributed by atoms with Gasteiger partial charge in [0.25, 0.3) is 5.91 Å². The van der Waals surface area contributed by atoms with Crippen molar-refractivity contribution < 1.29 is 19.6 Å². The smallest absolute Gasteiger partial charge is 0.310 e. The molecule has 1 saturated heterocycles. The number of hydrogen-bond acceptors (Lipinski definition) is 5. The highest BCUT2D eigenvalue weighted by molar-refractivity contribution is 5.78. The normalized spacial score (nSPS) is 15.9. The summed E-state index contributed by atoms with van der Waals surface area (Å²) in [7, 11) is 0. The minimum absolute atomic E-state index is 0.0860. The largest absolute Gasteiger partial charge is 0.477 e. The molecule has 0 radical (unpaired) electrons. The average Bonchev–Trinajstić information content (AvgIpc) is 2.45. The molecule has 0 aromatic heterocycles. The average molecular weight is 280 g/mol. The summed E-state index contributed by atoms with van der Waals surface area (Å²) in [6, 6.07) is 5.95. The predicted octanol–water partition coefficient (Wildman–Crippen LogP) is 0.957. The summed E-state index contributed by atoms with van der Waals surface area (Å²) in [5.74, 6) is -0.141. The van der Waals surface area contributed by atoms with E-state index in [0.717, 1.165) is 0 Å². The van der Waals surface area contributed by atoms with E-state index < -0.39 is 4.92 Å². The first-order valence-corrected chi connectivity index (χ1v) is 6.40. The van der Waals surface area contributed by atoms with Gasteiger partial charge in [-0.05, 0) is 18.9 Å². The lowest BCUT2D eigenvalue weighted by molar-refractivity contribution is -0.385. The van der Waals surface area contributed by atoms with Gasteiger partial charge in [0.05, 0.1) is 11.0 Å². The van der Waals surface area contributed by atoms with E-state index in [1.54, 1.807) is 17.0 Å². The Hall–Kier alpha value is -2.15. The molecule has 0 saturated carbocycles. The van der Waals surface area contributed by atoms with Gasteiger partial charge in [0, 0.05) is 19.2 Å². The standard InChI is InChI=1S/C13H16N2O5/c16-10-5-7-14(8-6-10)13(17)9-20-12-4-2-1-3-11(12)15(18)19/h1-4,10,16H,5-9H2. The van der Waals surface area contributed by atoms with Gasteiger partial charge >= 0.3 is 5.69 Å². The van der Waals surface area contributed by atoms with Gasteiger partial charge in [0.1, 0.15) is 0 Å². The Morgan fingerprint density at radius 2 is 2.05 bits per heavy atom. The number of para-hydroxylation sites is 2. The predicted molar refractivity (Wildman–Crippen MR) is 70.4 cm³/mol. The number of amides is 1. The second-order valence-corrected chi connectivity index (χ2v) is 4.63. The zero-order chi connectivity index (χ0) is 14.5. The van der Waals surface area contributed by atoms with Crippen LogP contribution in [0.5, 0.6) is 5.75 Å². The van der Waals surface area contributed by atoms with Crippen molar-refractivity contribution in [3.8, 4) is 5.75 Å². The third kappa shape index (κ3) is 3.45. The van der Waals surface area contributed by atoms with Gasteiger partial charge in [-0.1, -0.05) is 12.1 Å². The highest BCUT2D eigenvalue weighted by Gasteiger charge is 2.22. The van der Waals surface area contributed by atoms with Crippen molar-refractivity contribution in [2.24, 2.45) is 0 Å². The fourth-order valence-corrected chi connectivity index (χ4v) is 2.08. The maximum atomic E-state index is 11.9. The summed E-state index contributed by atoms with van der Waals surface area (Å²) < 4.78 is 5.24. The number of benzene rings is 1. The molecule has 1 amide bonds. The molecule has 0 bridgehead atoms. The van der Waals surface area contributed by atoms with E-state index in [2.05, 4.69) is 0 Å². The van der Waals surface area contributed by atoms with Crippen LogP contribution in [0.4, 0.5) is 5.69 Å². The molecule has 0 unspecified atom stereocenters. The number of likely N-dealkylation sites (tertiary alicyclic amines) is 1. The van der Waals surface area contributed by atoms with Crippen molar-refractivity contribution in [3.05, 3.63) is 34.4 Å². The lowest BCUT2D eigenvalue weighted by atomic mass is 10.1. The third-order valence-electron chi connectivity index (χ3n) is 3.23. The zero-order valence-electron chi connectivity index (χ0n) is 10.9. The first-order chi connectivity index (χ1) is 9.58. The fraction of sp³-hybridized carbons (Fsp3) is 0.462. The Labute approximate surface area is 115 Å². The molecule has 1 aliphatic heterocycles. The number of hydrogen-bond donors (Lipinski definition) is 1. The number of carbonyl (C=O) groups excluding carboxylic acids is 1. The number of nitro groups is 1. The molecule has 0 atom stereocenters. The Bertz CT molecular complexity index is 497. The molecule has 7 heteroatoms. The molecule has 1 N–H and O–H groups in total. The van der Waals surface area contributed by atoms with Crippen LogP contribution in [-0.4, -0.2) is 46.6 Å². The fourth-order valence-electron chi connectivity index (χ4n) is 2.08. The lowest BCUT2D eigenvalue weighted by Crippen LogP contribution is -2.42. The monoisotopic (exact) mass is 280 g/mol. The van der Waals surface area contributed by atoms with Crippen LogP contribution in [0.15, 0.2) is 24.3 Å². The van der Waals surface area contributed by atoms with Gasteiger partial charge in [-0.3, -0.25) is 14.9 Å². The van der Waals surface area contributed by atoms with E-state index in [0.29, 0.717) is 25.9 Å². The molecule has 108 valence electrons. The Morgan fingerprint density at radius 1 is 1.40 bits per heavy atom. The third-order valence-corrected chi connectivity index (χ3v) is 3.23. The van der Waals surface area contributed by atoms with Gasteiger partial charge in [0.2, 0.25) is 0 Å². The quantitative estimate of drug-likeness (QED) is 0.655. The van der Waals surface area contributed by atoms with Crippen molar-refractivity contribution in [1.82, 2.24) is 4.90 Å². The van der Waals surface area contributed by atoms with E-state index in [1.165, 1.54) is 12.1 Å². The first-order valence-electron chi connectivity index (χ1n) is 6.40. The number of aliphatic hydroxyl groups excluding tert-OH is 1. The molecule has 1 aromatic carbocycles. The van der Waals surface area contributed by atoms with Crippen molar-refractivity contribution in [1.29, 1.82) is 0 Å². The van der Waals surface area contributed by atoms with Crippen LogP contribution in [0.2, 0.25) is 0 Å². The number of aliphatic hydroxyl groups is 1. The molecule has 1 aromatic rings. The van der Waals surface area contributed by atoms with Crippen LogP contribution in [0.25, 0.3) is 0 Å². The minimum atomic E-state index is -0.545. The number of ether oxygens (including phenoxy) is 1. The van der Waals surface area contributed by atoms with Crippen LogP contribution < -0.4 is 4.74 Å². The minimum Gasteiger partial charge on any atom is -0.477 e. The second-order valence-electron chi connectivity index (χ2n) is 4.63. The summed E-state index contributed by atoms with van der Waals surface area (Å²) in [5.41, 5.74) is -0.158. The summed E-state index contributed by atoms with van der Waals surface area (Å²) >= 11 is 0. The lowest BCUT2D eigenvalue weighted by Gasteiger charge is -2.29. The maximum Gasteiger partial charge on any atom is 0.310 e. The van der Waals surface area contributed by atoms with E-state index >= 15 is 0 Å². The molecule has 7 nitrogen and oxygen atoms in total. The Balaban J connectivity index is 1.92. The highest BCUT2D eigenvalue weighted by Crippen LogP contribution is 2.25. The van der Waals surface area contributed by atoms with Crippen LogP contribution in [0, 0.1) is 10.1 Å². The SMILES string of the molecule is O=C(COc1ccccc1[N+](=O)[O-])N1CCC(O)CC1. The highest BCUT2D eigenvalue weighted by atomic mass is 16.6. The van der Waals surface area contributed by atoms with Crippen molar-refractivity contribution >= 4 is 11.6 Å². The van der Waals surface area contributed by atoms with Crippen LogP contribution >= 0.6 is 0 Å². The number of nitro benzene ring substituents is 1. The second kappa shape index (κ2) is 6.33. The Kier molecular flexibility index (Phi) is 4.52. The van der Waals surface area contributed by atoms with E-state index in [4.69, 9.17) is 4.74 Å². The van der Waals surface area contributed by atoms with Gasteiger partial charge in [0.15, 0.2) is 12.4 Å². The maximum absolute atomic E-state index is 11.9. The summed E-state index contributed by atoms with van der Waals surface area (Å²) in [6.07, 6.45) is 0.754. The number of carbonyl (C=O) groups is 1. The molecular formula is C13H16N2O5. The topological polar surface area (TPSA) is 92.9 Å². The molecular weight excluding hydrogens is 264 g/mol. The molecule has 1 heterocycles. The van der Waals surface area contributed by atoms with E-state index in [9.17, 15) is 20.0 Å². The van der Waals surface area contributed by atoms with Crippen LogP contribution in [0.3, 0.4) is 0 Å². The van der Waals surface area contributed by atoms with Crippen LogP contribution in [-0.2, 0) is 4.79 Å². The van der Waals surface area contributed by atoms with Crippen molar-refractivity contribution in [3.63, 3.8) is 0 Å². The first kappa shape index (κ1) is 14.3. The van der Waals surface area contributed by atoms with Crippen molar-refractivity contribution in [2.75, 3.05) is 19.7 Å². The Morgan fingerprint density at radius 3 is 2.70 bits per heavy atom. The molecule has 0 aliphatic carbocycles. The van der Waals surface area contributed by atoms with Gasteiger partial charge < -0.3 is 14.7 Å². The van der Waals surface area contributed by atoms with Gasteiger partial charge in [-0.25, -0.2) is 0 Å². The zero-order valence-corrected chi connectivity index (χ0v) is 10.9. The van der Waals surface area contributed by atoms with Crippen molar-refractivity contribution in [2.45, 2.75) is 18.9 Å². The molecule has 1 aliphatic rings. The summed E-state index contributed by atoms with van der Waals surface area (Å²) in [6.45, 7) is 0.738. The summed E-state index contributed by atoms with van der Waals surface area (Å²) in [5, 5.41) is 20.2. The number of nitrogens with zero attached hydrogens (tertiary/aromatic N) is 2.